The molecule has 1 aliphatic carbocycles. The lowest BCUT2D eigenvalue weighted by Gasteiger charge is -2.46. The molecule has 0 bridgehead atoms. The van der Waals surface area contributed by atoms with Gasteiger partial charge >= 0.3 is 0 Å². The third-order valence-corrected chi connectivity index (χ3v) is 5.59. The van der Waals surface area contributed by atoms with Crippen LogP contribution in [0.2, 0.25) is 0 Å². The summed E-state index contributed by atoms with van der Waals surface area (Å²) >= 11 is 2.38. The molecule has 1 spiro atoms. The molecule has 1 heterocycles. The number of halogens is 1. The van der Waals surface area contributed by atoms with Gasteiger partial charge in [0.05, 0.1) is 5.69 Å². The second kappa shape index (κ2) is 6.30. The smallest absolute Gasteiger partial charge is 0.220 e. The van der Waals surface area contributed by atoms with E-state index in [-0.39, 0.29) is 5.66 Å². The van der Waals surface area contributed by atoms with Crippen molar-refractivity contribution in [3.05, 3.63) is 27.3 Å². The van der Waals surface area contributed by atoms with Crippen LogP contribution in [-0.2, 0) is 0 Å². The Kier molecular flexibility index (Phi) is 4.53. The highest BCUT2D eigenvalue weighted by Gasteiger charge is 2.43. The van der Waals surface area contributed by atoms with Gasteiger partial charge in [-0.15, -0.1) is 0 Å². The summed E-state index contributed by atoms with van der Waals surface area (Å²) in [6, 6.07) is 6.55. The van der Waals surface area contributed by atoms with Crippen molar-refractivity contribution in [1.82, 2.24) is 0 Å². The number of hydrogen-bond acceptors (Lipinski definition) is 5. The quantitative estimate of drug-likeness (QED) is 0.712. The zero-order chi connectivity index (χ0) is 16.6. The highest BCUT2D eigenvalue weighted by atomic mass is 127. The van der Waals surface area contributed by atoms with E-state index >= 15 is 0 Å². The minimum atomic E-state index is -0.368. The largest absolute Gasteiger partial charge is 0.369 e. The number of nitrogens with zero attached hydrogens (tertiary/aromatic N) is 3. The van der Waals surface area contributed by atoms with Crippen molar-refractivity contribution in [3.8, 4) is 0 Å². The Morgan fingerprint density at radius 3 is 2.48 bits per heavy atom. The van der Waals surface area contributed by atoms with Crippen molar-refractivity contribution < 1.29 is 0 Å². The highest BCUT2D eigenvalue weighted by molar-refractivity contribution is 14.1. The van der Waals surface area contributed by atoms with Gasteiger partial charge in [0.2, 0.25) is 11.9 Å². The third kappa shape index (κ3) is 3.05. The second-order valence-electron chi connectivity index (χ2n) is 6.68. The van der Waals surface area contributed by atoms with E-state index in [1.165, 1.54) is 15.6 Å². The lowest BCUT2D eigenvalue weighted by atomic mass is 9.87. The first-order valence-corrected chi connectivity index (χ1v) is 9.30. The van der Waals surface area contributed by atoms with Gasteiger partial charge in [0, 0.05) is 3.57 Å². The molecule has 0 saturated heterocycles. The predicted molar refractivity (Wildman–Crippen MR) is 105 cm³/mol. The average molecular weight is 425 g/mol. The van der Waals surface area contributed by atoms with E-state index in [1.54, 1.807) is 0 Å². The van der Waals surface area contributed by atoms with Crippen LogP contribution in [0.25, 0.3) is 0 Å². The van der Waals surface area contributed by atoms with Crippen molar-refractivity contribution in [1.29, 1.82) is 0 Å². The van der Waals surface area contributed by atoms with Crippen LogP contribution in [0.15, 0.2) is 28.2 Å². The number of anilines is 1. The summed E-state index contributed by atoms with van der Waals surface area (Å²) in [5.41, 5.74) is 14.2. The van der Waals surface area contributed by atoms with Crippen LogP contribution in [0.4, 0.5) is 5.69 Å². The molecule has 0 atom stereocenters. The maximum atomic E-state index is 6.29. The molecule has 124 valence electrons. The van der Waals surface area contributed by atoms with E-state index < -0.39 is 0 Å². The van der Waals surface area contributed by atoms with Gasteiger partial charge in [0.1, 0.15) is 5.66 Å². The fraction of sp³-hybridized carbons (Fsp3) is 0.529. The minimum absolute atomic E-state index is 0.300. The van der Waals surface area contributed by atoms with Crippen molar-refractivity contribution in [3.63, 3.8) is 0 Å². The van der Waals surface area contributed by atoms with Crippen molar-refractivity contribution >= 4 is 40.2 Å². The molecule has 0 unspecified atom stereocenters. The monoisotopic (exact) mass is 425 g/mol. The molecular weight excluding hydrogens is 401 g/mol. The number of nitrogens with two attached hydrogens (primary N) is 2. The molecule has 1 aromatic carbocycles. The van der Waals surface area contributed by atoms with Crippen molar-refractivity contribution in [2.75, 3.05) is 4.90 Å². The molecule has 1 fully saturated rings. The molecule has 1 saturated carbocycles. The van der Waals surface area contributed by atoms with Gasteiger partial charge in [-0.25, -0.2) is 4.99 Å². The Morgan fingerprint density at radius 2 is 1.87 bits per heavy atom. The number of benzene rings is 1. The van der Waals surface area contributed by atoms with E-state index in [0.717, 1.165) is 31.4 Å². The Labute approximate surface area is 151 Å². The van der Waals surface area contributed by atoms with Gasteiger partial charge < -0.3 is 11.5 Å². The lowest BCUT2D eigenvalue weighted by molar-refractivity contribution is 0.305. The summed E-state index contributed by atoms with van der Waals surface area (Å²) in [6.45, 7) is 4.41. The molecule has 23 heavy (non-hydrogen) atoms. The average Bonchev–Trinajstić information content (AvgIpc) is 2.48. The molecule has 3 rings (SSSR count). The van der Waals surface area contributed by atoms with E-state index in [1.807, 2.05) is 0 Å². The van der Waals surface area contributed by atoms with E-state index in [2.05, 4.69) is 64.5 Å². The maximum absolute atomic E-state index is 6.29. The predicted octanol–water partition coefficient (Wildman–Crippen LogP) is 3.52. The Hall–Kier alpha value is -1.31. The Morgan fingerprint density at radius 1 is 1.17 bits per heavy atom. The van der Waals surface area contributed by atoms with Crippen LogP contribution >= 0.6 is 22.6 Å². The van der Waals surface area contributed by atoms with E-state index in [9.17, 15) is 0 Å². The van der Waals surface area contributed by atoms with Crippen LogP contribution in [0.3, 0.4) is 0 Å². The Balaban J connectivity index is 2.07. The molecule has 6 heteroatoms. The second-order valence-corrected chi connectivity index (χ2v) is 7.85. The topological polar surface area (TPSA) is 80.0 Å². The molecule has 4 N–H and O–H groups in total. The van der Waals surface area contributed by atoms with Gasteiger partial charge in [0.25, 0.3) is 0 Å². The van der Waals surface area contributed by atoms with Gasteiger partial charge in [-0.05, 0) is 71.9 Å². The summed E-state index contributed by atoms with van der Waals surface area (Å²) in [7, 11) is 0. The number of guanidine groups is 2. The molecule has 1 aromatic rings. The summed E-state index contributed by atoms with van der Waals surface area (Å²) in [5, 5.41) is 0. The van der Waals surface area contributed by atoms with Crippen molar-refractivity contribution in [2.24, 2.45) is 21.5 Å². The highest BCUT2D eigenvalue weighted by Crippen LogP contribution is 2.41. The van der Waals surface area contributed by atoms with Crippen LogP contribution < -0.4 is 16.4 Å². The van der Waals surface area contributed by atoms with Crippen LogP contribution in [0, 0.1) is 3.57 Å². The van der Waals surface area contributed by atoms with Crippen molar-refractivity contribution in [2.45, 2.75) is 57.5 Å². The van der Waals surface area contributed by atoms with Crippen LogP contribution in [0.5, 0.6) is 0 Å². The minimum Gasteiger partial charge on any atom is -0.369 e. The lowest BCUT2D eigenvalue weighted by Crippen LogP contribution is -2.58. The molecule has 1 aliphatic heterocycles. The molecule has 0 aromatic heterocycles. The molecular formula is C17H24IN5. The molecule has 0 amide bonds. The van der Waals surface area contributed by atoms with Gasteiger partial charge in [-0.1, -0.05) is 26.3 Å². The van der Waals surface area contributed by atoms with Crippen LogP contribution in [-0.4, -0.2) is 17.6 Å². The molecule has 2 aliphatic rings. The Bertz CT molecular complexity index is 659. The summed E-state index contributed by atoms with van der Waals surface area (Å²) in [4.78, 5) is 11.1. The van der Waals surface area contributed by atoms with Crippen LogP contribution in [0.1, 0.15) is 57.4 Å². The summed E-state index contributed by atoms with van der Waals surface area (Å²) in [5.74, 6) is 1.26. The van der Waals surface area contributed by atoms with E-state index in [0.29, 0.717) is 17.8 Å². The summed E-state index contributed by atoms with van der Waals surface area (Å²) in [6.07, 6.45) is 5.45. The maximum Gasteiger partial charge on any atom is 0.220 e. The molecule has 5 nitrogen and oxygen atoms in total. The SMILES string of the molecule is CC(C)c1ccc(N2C(N)=NC(N)=NC23CCCCC3)c(I)c1. The fourth-order valence-electron chi connectivity index (χ4n) is 3.53. The first-order chi connectivity index (χ1) is 10.9. The first-order valence-electron chi connectivity index (χ1n) is 8.22. The zero-order valence-electron chi connectivity index (χ0n) is 13.7. The number of hydrogen-bond donors (Lipinski definition) is 2. The van der Waals surface area contributed by atoms with Gasteiger partial charge in [-0.3, -0.25) is 4.90 Å². The standard InChI is InChI=1S/C17H24IN5/c1-11(2)12-6-7-14(13(18)10-12)23-16(20)21-15(19)22-17(23)8-4-3-5-9-17/h6-7,10-11H,3-5,8-9H2,1-2H3,(H4,19,20,21,22). The fourth-order valence-corrected chi connectivity index (χ4v) is 4.31. The van der Waals surface area contributed by atoms with Gasteiger partial charge in [0.15, 0.2) is 0 Å². The zero-order valence-corrected chi connectivity index (χ0v) is 15.9. The third-order valence-electron chi connectivity index (χ3n) is 4.73. The normalized spacial score (nSPS) is 20.6. The molecule has 0 radical (unpaired) electrons. The summed E-state index contributed by atoms with van der Waals surface area (Å²) < 4.78 is 1.17. The van der Waals surface area contributed by atoms with Gasteiger partial charge in [-0.2, -0.15) is 4.99 Å². The number of aliphatic imine (C=N–C) groups is 2. The van der Waals surface area contributed by atoms with E-state index in [4.69, 9.17) is 16.5 Å². The first kappa shape index (κ1) is 16.5. The number of rotatable bonds is 2.